The largest absolute Gasteiger partial charge is 0.289 e. The predicted octanol–water partition coefficient (Wildman–Crippen LogP) is 3.35. The van der Waals surface area contributed by atoms with Gasteiger partial charge in [-0.15, -0.1) is 11.3 Å². The second-order valence-electron chi connectivity index (χ2n) is 4.23. The lowest BCUT2D eigenvalue weighted by Crippen LogP contribution is -2.26. The molecule has 0 radical (unpaired) electrons. The molecule has 0 saturated carbocycles. The maximum absolute atomic E-state index is 12.3. The van der Waals surface area contributed by atoms with Gasteiger partial charge in [-0.2, -0.15) is 0 Å². The van der Waals surface area contributed by atoms with Crippen LogP contribution in [0, 0.1) is 10.1 Å². The zero-order valence-corrected chi connectivity index (χ0v) is 13.2. The maximum atomic E-state index is 12.3. The molecular weight excluding hydrogens is 336 g/mol. The van der Waals surface area contributed by atoms with Crippen LogP contribution in [0.2, 0.25) is 5.02 Å². The van der Waals surface area contributed by atoms with Crippen LogP contribution in [0.5, 0.6) is 0 Å². The van der Waals surface area contributed by atoms with Crippen molar-refractivity contribution in [1.82, 2.24) is 4.72 Å². The lowest BCUT2D eigenvalue weighted by Gasteiger charge is -2.12. The van der Waals surface area contributed by atoms with Crippen molar-refractivity contribution in [2.24, 2.45) is 0 Å². The van der Waals surface area contributed by atoms with Gasteiger partial charge in [0.25, 0.3) is 5.69 Å². The minimum atomic E-state index is -3.86. The van der Waals surface area contributed by atoms with Gasteiger partial charge in [0, 0.05) is 10.9 Å². The molecule has 1 aromatic carbocycles. The van der Waals surface area contributed by atoms with Gasteiger partial charge in [-0.25, -0.2) is 13.1 Å². The van der Waals surface area contributed by atoms with E-state index >= 15 is 0 Å². The third kappa shape index (κ3) is 3.59. The van der Waals surface area contributed by atoms with Crippen LogP contribution in [-0.4, -0.2) is 13.3 Å². The normalized spacial score (nSPS) is 13.0. The number of rotatable bonds is 5. The van der Waals surface area contributed by atoms with Gasteiger partial charge in [0.1, 0.15) is 5.02 Å². The van der Waals surface area contributed by atoms with E-state index in [1.165, 1.54) is 23.5 Å². The molecule has 0 bridgehead atoms. The Morgan fingerprint density at radius 1 is 1.38 bits per heavy atom. The second kappa shape index (κ2) is 6.10. The van der Waals surface area contributed by atoms with Gasteiger partial charge >= 0.3 is 0 Å². The molecule has 1 heterocycles. The smallest absolute Gasteiger partial charge is 0.258 e. The number of benzene rings is 1. The molecule has 1 atom stereocenters. The predicted molar refractivity (Wildman–Crippen MR) is 81.2 cm³/mol. The van der Waals surface area contributed by atoms with Gasteiger partial charge in [-0.05, 0) is 30.5 Å². The van der Waals surface area contributed by atoms with Crippen molar-refractivity contribution in [3.05, 3.63) is 55.7 Å². The number of nitrogens with one attached hydrogen (secondary N) is 1. The van der Waals surface area contributed by atoms with Crippen molar-refractivity contribution < 1.29 is 13.3 Å². The first-order valence-corrected chi connectivity index (χ1v) is 8.55. The summed E-state index contributed by atoms with van der Waals surface area (Å²) < 4.78 is 27.0. The van der Waals surface area contributed by atoms with E-state index in [1.54, 1.807) is 6.92 Å². The zero-order valence-electron chi connectivity index (χ0n) is 10.8. The molecule has 1 aromatic heterocycles. The van der Waals surface area contributed by atoms with Crippen molar-refractivity contribution in [2.45, 2.75) is 17.9 Å². The molecule has 6 nitrogen and oxygen atoms in total. The van der Waals surface area contributed by atoms with Crippen LogP contribution in [-0.2, 0) is 10.0 Å². The fourth-order valence-electron chi connectivity index (χ4n) is 1.70. The Morgan fingerprint density at radius 2 is 2.10 bits per heavy atom. The fourth-order valence-corrected chi connectivity index (χ4v) is 3.93. The van der Waals surface area contributed by atoms with E-state index in [4.69, 9.17) is 11.6 Å². The minimum absolute atomic E-state index is 0.106. The van der Waals surface area contributed by atoms with Gasteiger partial charge < -0.3 is 0 Å². The molecular formula is C12H11ClN2O4S2. The number of halogens is 1. The first-order chi connectivity index (χ1) is 9.81. The molecule has 21 heavy (non-hydrogen) atoms. The van der Waals surface area contributed by atoms with Gasteiger partial charge in [0.05, 0.1) is 15.9 Å². The summed E-state index contributed by atoms with van der Waals surface area (Å²) in [6.45, 7) is 1.70. The Labute approximate surface area is 130 Å². The van der Waals surface area contributed by atoms with E-state index in [2.05, 4.69) is 4.72 Å². The first kappa shape index (κ1) is 15.9. The van der Waals surface area contributed by atoms with E-state index in [1.807, 2.05) is 17.5 Å². The molecule has 0 unspecified atom stereocenters. The number of nitro benzene ring substituents is 1. The summed E-state index contributed by atoms with van der Waals surface area (Å²) in [5.41, 5.74) is -0.441. The first-order valence-electron chi connectivity index (χ1n) is 5.81. The van der Waals surface area contributed by atoms with E-state index in [9.17, 15) is 18.5 Å². The van der Waals surface area contributed by atoms with Crippen LogP contribution in [0.4, 0.5) is 5.69 Å². The lowest BCUT2D eigenvalue weighted by atomic mass is 10.3. The molecule has 112 valence electrons. The van der Waals surface area contributed by atoms with Crippen LogP contribution in [0.1, 0.15) is 17.8 Å². The standard InChI is InChI=1S/C12H11ClN2O4S2/c1-8(12-3-2-6-20-12)14-21(18,19)9-4-5-10(13)11(7-9)15(16)17/h2-8,14H,1H3/t8-/m0/s1. The summed E-state index contributed by atoms with van der Waals surface area (Å²) in [6.07, 6.45) is 0. The fraction of sp³-hybridized carbons (Fsp3) is 0.167. The number of thiophene rings is 1. The molecule has 0 aliphatic rings. The molecule has 2 rings (SSSR count). The number of sulfonamides is 1. The SMILES string of the molecule is C[C@H](NS(=O)(=O)c1ccc(Cl)c([N+](=O)[O-])c1)c1cccs1. The van der Waals surface area contributed by atoms with Crippen molar-refractivity contribution in [3.8, 4) is 0 Å². The minimum Gasteiger partial charge on any atom is -0.258 e. The number of hydrogen-bond acceptors (Lipinski definition) is 5. The maximum Gasteiger partial charge on any atom is 0.289 e. The molecule has 0 saturated heterocycles. The molecule has 0 spiro atoms. The summed E-state index contributed by atoms with van der Waals surface area (Å²) in [4.78, 5) is 10.8. The average Bonchev–Trinajstić information content (AvgIpc) is 2.92. The van der Waals surface area contributed by atoms with Crippen molar-refractivity contribution in [1.29, 1.82) is 0 Å². The highest BCUT2D eigenvalue weighted by molar-refractivity contribution is 7.89. The van der Waals surface area contributed by atoms with E-state index in [0.717, 1.165) is 10.9 Å². The molecule has 9 heteroatoms. The Bertz CT molecular complexity index is 760. The van der Waals surface area contributed by atoms with Crippen molar-refractivity contribution in [3.63, 3.8) is 0 Å². The molecule has 0 aliphatic heterocycles. The Balaban J connectivity index is 2.32. The highest BCUT2D eigenvalue weighted by Crippen LogP contribution is 2.28. The second-order valence-corrected chi connectivity index (χ2v) is 7.33. The highest BCUT2D eigenvalue weighted by Gasteiger charge is 2.23. The lowest BCUT2D eigenvalue weighted by molar-refractivity contribution is -0.384. The molecule has 0 amide bonds. The van der Waals surface area contributed by atoms with Crippen molar-refractivity contribution >= 4 is 38.6 Å². The Morgan fingerprint density at radius 3 is 2.67 bits per heavy atom. The van der Waals surface area contributed by atoms with Crippen LogP contribution < -0.4 is 4.72 Å². The third-order valence-electron chi connectivity index (χ3n) is 2.73. The van der Waals surface area contributed by atoms with Crippen molar-refractivity contribution in [2.75, 3.05) is 0 Å². The molecule has 0 fully saturated rings. The molecule has 1 N–H and O–H groups in total. The monoisotopic (exact) mass is 346 g/mol. The summed E-state index contributed by atoms with van der Waals surface area (Å²) in [7, 11) is -3.86. The van der Waals surface area contributed by atoms with Crippen LogP contribution in [0.15, 0.2) is 40.6 Å². The van der Waals surface area contributed by atoms with Gasteiger partial charge in [-0.1, -0.05) is 17.7 Å². The van der Waals surface area contributed by atoms with E-state index < -0.39 is 26.7 Å². The molecule has 2 aromatic rings. The Kier molecular flexibility index (Phi) is 4.62. The third-order valence-corrected chi connectivity index (χ3v) is 5.64. The summed E-state index contributed by atoms with van der Waals surface area (Å²) in [5, 5.41) is 12.6. The summed E-state index contributed by atoms with van der Waals surface area (Å²) in [5.74, 6) is 0. The molecule has 0 aliphatic carbocycles. The van der Waals surface area contributed by atoms with Gasteiger partial charge in [-0.3, -0.25) is 10.1 Å². The van der Waals surface area contributed by atoms with Crippen LogP contribution in [0.3, 0.4) is 0 Å². The number of hydrogen-bond donors (Lipinski definition) is 1. The number of nitro groups is 1. The quantitative estimate of drug-likeness (QED) is 0.664. The van der Waals surface area contributed by atoms with E-state index in [0.29, 0.717) is 0 Å². The number of nitrogens with zero attached hydrogens (tertiary/aromatic N) is 1. The van der Waals surface area contributed by atoms with Crippen LogP contribution >= 0.6 is 22.9 Å². The summed E-state index contributed by atoms with van der Waals surface area (Å²) >= 11 is 7.09. The summed E-state index contributed by atoms with van der Waals surface area (Å²) in [6, 6.07) is 6.58. The van der Waals surface area contributed by atoms with Crippen LogP contribution in [0.25, 0.3) is 0 Å². The Hall–Kier alpha value is -1.48. The van der Waals surface area contributed by atoms with E-state index in [-0.39, 0.29) is 9.92 Å². The highest BCUT2D eigenvalue weighted by atomic mass is 35.5. The zero-order chi connectivity index (χ0) is 15.6. The topological polar surface area (TPSA) is 89.3 Å². The van der Waals surface area contributed by atoms with Gasteiger partial charge in [0.2, 0.25) is 10.0 Å². The average molecular weight is 347 g/mol. The van der Waals surface area contributed by atoms with Gasteiger partial charge in [0.15, 0.2) is 0 Å².